The molecule has 2 saturated heterocycles. The molecule has 29 heavy (non-hydrogen) atoms. The van der Waals surface area contributed by atoms with Crippen LogP contribution in [0, 0.1) is 12.7 Å². The van der Waals surface area contributed by atoms with E-state index in [2.05, 4.69) is 4.90 Å². The maximum atomic E-state index is 13.1. The first-order valence-electron chi connectivity index (χ1n) is 9.43. The van der Waals surface area contributed by atoms with Crippen LogP contribution in [0.5, 0.6) is 0 Å². The largest absolute Gasteiger partial charge is 0.369 e. The van der Waals surface area contributed by atoms with Gasteiger partial charge in [-0.2, -0.15) is 0 Å². The molecule has 150 valence electrons. The summed E-state index contributed by atoms with van der Waals surface area (Å²) in [6.45, 7) is 4.57. The standard InChI is InChI=1S/C21H21FN4O3/c1-15-2-6-18(7-3-15)26-20(28)19(27)25(21(26)29)14-23-10-12-24(13-11-23)17-8-4-16(22)5-9-17/h2-9H,10-14H2,1H3. The van der Waals surface area contributed by atoms with Gasteiger partial charge in [0.05, 0.1) is 12.4 Å². The van der Waals surface area contributed by atoms with Crippen molar-refractivity contribution in [3.05, 3.63) is 59.9 Å². The molecule has 2 aliphatic heterocycles. The van der Waals surface area contributed by atoms with Crippen LogP contribution in [0.15, 0.2) is 48.5 Å². The van der Waals surface area contributed by atoms with Crippen molar-refractivity contribution in [1.82, 2.24) is 9.80 Å². The van der Waals surface area contributed by atoms with Crippen LogP contribution in [0.1, 0.15) is 5.56 Å². The Kier molecular flexibility index (Phi) is 5.02. The van der Waals surface area contributed by atoms with Crippen LogP contribution in [-0.2, 0) is 9.59 Å². The number of piperazine rings is 1. The molecule has 7 nitrogen and oxygen atoms in total. The summed E-state index contributed by atoms with van der Waals surface area (Å²) in [5.41, 5.74) is 2.32. The van der Waals surface area contributed by atoms with Crippen LogP contribution in [0.4, 0.5) is 20.6 Å². The highest BCUT2D eigenvalue weighted by Gasteiger charge is 2.46. The minimum Gasteiger partial charge on any atom is -0.369 e. The summed E-state index contributed by atoms with van der Waals surface area (Å²) in [5, 5.41) is 0. The Morgan fingerprint density at radius 2 is 1.38 bits per heavy atom. The average Bonchev–Trinajstić information content (AvgIpc) is 2.93. The van der Waals surface area contributed by atoms with Gasteiger partial charge >= 0.3 is 17.8 Å². The number of carbonyl (C=O) groups excluding carboxylic acids is 3. The number of amides is 4. The van der Waals surface area contributed by atoms with Crippen molar-refractivity contribution in [1.29, 1.82) is 0 Å². The van der Waals surface area contributed by atoms with Crippen LogP contribution in [0.25, 0.3) is 0 Å². The fourth-order valence-electron chi connectivity index (χ4n) is 3.55. The van der Waals surface area contributed by atoms with Gasteiger partial charge in [-0.1, -0.05) is 17.7 Å². The molecule has 0 aliphatic carbocycles. The van der Waals surface area contributed by atoms with E-state index in [1.54, 1.807) is 36.4 Å². The Hall–Kier alpha value is -3.26. The molecule has 0 N–H and O–H groups in total. The minimum absolute atomic E-state index is 0.0724. The number of carbonyl (C=O) groups is 3. The monoisotopic (exact) mass is 396 g/mol. The molecular formula is C21H21FN4O3. The molecule has 2 fully saturated rings. The summed E-state index contributed by atoms with van der Waals surface area (Å²) >= 11 is 0. The molecular weight excluding hydrogens is 375 g/mol. The zero-order valence-corrected chi connectivity index (χ0v) is 16.0. The van der Waals surface area contributed by atoms with Crippen molar-refractivity contribution in [2.45, 2.75) is 6.92 Å². The van der Waals surface area contributed by atoms with Crippen molar-refractivity contribution in [2.75, 3.05) is 42.6 Å². The summed E-state index contributed by atoms with van der Waals surface area (Å²) in [5.74, 6) is -1.92. The second-order valence-electron chi connectivity index (χ2n) is 7.21. The van der Waals surface area contributed by atoms with Crippen molar-refractivity contribution in [3.63, 3.8) is 0 Å². The molecule has 0 aromatic heterocycles. The smallest absolute Gasteiger partial charge is 0.340 e. The van der Waals surface area contributed by atoms with E-state index in [0.29, 0.717) is 31.9 Å². The normalized spacial score (nSPS) is 18.1. The second kappa shape index (κ2) is 7.63. The Balaban J connectivity index is 1.40. The van der Waals surface area contributed by atoms with E-state index in [4.69, 9.17) is 0 Å². The number of aryl methyl sites for hydroxylation is 1. The molecule has 2 aromatic rings. The van der Waals surface area contributed by atoms with E-state index in [9.17, 15) is 18.8 Å². The molecule has 4 amide bonds. The lowest BCUT2D eigenvalue weighted by atomic mass is 10.2. The molecule has 0 radical (unpaired) electrons. The number of rotatable bonds is 4. The van der Waals surface area contributed by atoms with E-state index in [1.807, 2.05) is 11.8 Å². The van der Waals surface area contributed by atoms with Gasteiger partial charge in [-0.05, 0) is 43.3 Å². The molecule has 4 rings (SSSR count). The van der Waals surface area contributed by atoms with Crippen molar-refractivity contribution in [3.8, 4) is 0 Å². The summed E-state index contributed by atoms with van der Waals surface area (Å²) in [4.78, 5) is 43.5. The molecule has 0 unspecified atom stereocenters. The number of benzene rings is 2. The summed E-state index contributed by atoms with van der Waals surface area (Å²) in [6, 6.07) is 12.6. The van der Waals surface area contributed by atoms with Gasteiger partial charge in [-0.15, -0.1) is 0 Å². The third-order valence-electron chi connectivity index (χ3n) is 5.25. The van der Waals surface area contributed by atoms with Gasteiger partial charge < -0.3 is 4.90 Å². The lowest BCUT2D eigenvalue weighted by Crippen LogP contribution is -2.51. The van der Waals surface area contributed by atoms with Crippen LogP contribution in [-0.4, -0.2) is 60.5 Å². The molecule has 0 saturated carbocycles. The summed E-state index contributed by atoms with van der Waals surface area (Å²) in [7, 11) is 0. The molecule has 0 bridgehead atoms. The number of hydrogen-bond donors (Lipinski definition) is 0. The molecule has 8 heteroatoms. The Morgan fingerprint density at radius 3 is 2.00 bits per heavy atom. The number of urea groups is 1. The maximum Gasteiger partial charge on any atom is 0.340 e. The van der Waals surface area contributed by atoms with Gasteiger partial charge in [0.25, 0.3) is 0 Å². The Morgan fingerprint density at radius 1 is 0.793 bits per heavy atom. The number of nitrogens with zero attached hydrogens (tertiary/aromatic N) is 4. The predicted octanol–water partition coefficient (Wildman–Crippen LogP) is 2.21. The van der Waals surface area contributed by atoms with Crippen LogP contribution < -0.4 is 9.80 Å². The quantitative estimate of drug-likeness (QED) is 0.586. The first kappa shape index (κ1) is 19.1. The SMILES string of the molecule is Cc1ccc(N2C(=O)C(=O)N(CN3CCN(c4ccc(F)cc4)CC3)C2=O)cc1. The van der Waals surface area contributed by atoms with Crippen LogP contribution in [0.2, 0.25) is 0 Å². The number of halogens is 1. The minimum atomic E-state index is -0.830. The van der Waals surface area contributed by atoms with E-state index in [1.165, 1.54) is 12.1 Å². The van der Waals surface area contributed by atoms with Gasteiger partial charge in [-0.25, -0.2) is 19.0 Å². The number of anilines is 2. The Bertz CT molecular complexity index is 937. The summed E-state index contributed by atoms with van der Waals surface area (Å²) < 4.78 is 13.1. The van der Waals surface area contributed by atoms with E-state index in [-0.39, 0.29) is 12.5 Å². The van der Waals surface area contributed by atoms with Crippen molar-refractivity contribution >= 4 is 29.2 Å². The highest BCUT2D eigenvalue weighted by atomic mass is 19.1. The maximum absolute atomic E-state index is 13.1. The topological polar surface area (TPSA) is 64.2 Å². The number of hydrogen-bond acceptors (Lipinski definition) is 5. The zero-order chi connectivity index (χ0) is 20.5. The fraction of sp³-hybridized carbons (Fsp3) is 0.286. The van der Waals surface area contributed by atoms with E-state index >= 15 is 0 Å². The third kappa shape index (κ3) is 3.71. The second-order valence-corrected chi connectivity index (χ2v) is 7.21. The first-order valence-corrected chi connectivity index (χ1v) is 9.43. The lowest BCUT2D eigenvalue weighted by molar-refractivity contribution is -0.140. The van der Waals surface area contributed by atoms with Gasteiger partial charge in [0, 0.05) is 31.9 Å². The lowest BCUT2D eigenvalue weighted by Gasteiger charge is -2.37. The van der Waals surface area contributed by atoms with Gasteiger partial charge in [0.15, 0.2) is 0 Å². The van der Waals surface area contributed by atoms with E-state index in [0.717, 1.165) is 21.1 Å². The predicted molar refractivity (Wildman–Crippen MR) is 106 cm³/mol. The highest BCUT2D eigenvalue weighted by Crippen LogP contribution is 2.23. The zero-order valence-electron chi connectivity index (χ0n) is 16.0. The Labute approximate surface area is 167 Å². The van der Waals surface area contributed by atoms with Crippen molar-refractivity contribution in [2.24, 2.45) is 0 Å². The molecule has 0 atom stereocenters. The molecule has 0 spiro atoms. The van der Waals surface area contributed by atoms with Gasteiger partial charge in [0.2, 0.25) is 0 Å². The molecule has 2 aromatic carbocycles. The summed E-state index contributed by atoms with van der Waals surface area (Å²) in [6.07, 6.45) is 0. The average molecular weight is 396 g/mol. The van der Waals surface area contributed by atoms with Crippen LogP contribution in [0.3, 0.4) is 0 Å². The van der Waals surface area contributed by atoms with Crippen LogP contribution >= 0.6 is 0 Å². The van der Waals surface area contributed by atoms with E-state index < -0.39 is 17.8 Å². The molecule has 2 heterocycles. The number of imide groups is 2. The van der Waals surface area contributed by atoms with Gasteiger partial charge in [-0.3, -0.25) is 14.5 Å². The highest BCUT2D eigenvalue weighted by molar-refractivity contribution is 6.52. The van der Waals surface area contributed by atoms with Crippen molar-refractivity contribution < 1.29 is 18.8 Å². The third-order valence-corrected chi connectivity index (χ3v) is 5.25. The fourth-order valence-corrected chi connectivity index (χ4v) is 3.55. The molecule has 2 aliphatic rings. The van der Waals surface area contributed by atoms with Gasteiger partial charge in [0.1, 0.15) is 5.82 Å². The first-order chi connectivity index (χ1) is 13.9.